The summed E-state index contributed by atoms with van der Waals surface area (Å²) in [5.74, 6) is -0.159. The zero-order valence-corrected chi connectivity index (χ0v) is 14.2. The van der Waals surface area contributed by atoms with E-state index in [9.17, 15) is 9.90 Å². The quantitative estimate of drug-likeness (QED) is 0.646. The van der Waals surface area contributed by atoms with E-state index in [0.717, 1.165) is 15.9 Å². The van der Waals surface area contributed by atoms with Crippen LogP contribution in [0.5, 0.6) is 5.75 Å². The number of phenols is 1. The zero-order chi connectivity index (χ0) is 16.3. The van der Waals surface area contributed by atoms with Crippen LogP contribution >= 0.6 is 15.9 Å². The van der Waals surface area contributed by atoms with Crippen LogP contribution in [0.15, 0.2) is 33.8 Å². The highest BCUT2D eigenvalue weighted by Gasteiger charge is 2.11. The Balaban J connectivity index is 2.05. The van der Waals surface area contributed by atoms with Gasteiger partial charge in [-0.1, -0.05) is 12.1 Å². The standard InChI is InChI=1S/C15H17BrN4O2/c1-9(12-6-4-5-7-13(12)21)17-18-14(22)8-20-11(3)15(16)10(2)19-20/h4-7,21H,8H2,1-3H3,(H,18,22)/b17-9+. The summed E-state index contributed by atoms with van der Waals surface area (Å²) in [6.07, 6.45) is 0. The summed E-state index contributed by atoms with van der Waals surface area (Å²) in [4.78, 5) is 11.9. The molecule has 1 amide bonds. The summed E-state index contributed by atoms with van der Waals surface area (Å²) in [6.45, 7) is 5.55. The molecule has 22 heavy (non-hydrogen) atoms. The molecule has 6 nitrogen and oxygen atoms in total. The van der Waals surface area contributed by atoms with Gasteiger partial charge in [0.15, 0.2) is 0 Å². The number of aryl methyl sites for hydroxylation is 1. The Morgan fingerprint density at radius 3 is 2.68 bits per heavy atom. The maximum Gasteiger partial charge on any atom is 0.261 e. The van der Waals surface area contributed by atoms with Crippen LogP contribution in [0.1, 0.15) is 23.9 Å². The predicted molar refractivity (Wildman–Crippen MR) is 87.9 cm³/mol. The van der Waals surface area contributed by atoms with Crippen molar-refractivity contribution in [2.45, 2.75) is 27.3 Å². The van der Waals surface area contributed by atoms with Crippen molar-refractivity contribution < 1.29 is 9.90 Å². The van der Waals surface area contributed by atoms with Gasteiger partial charge in [-0.05, 0) is 48.8 Å². The van der Waals surface area contributed by atoms with Crippen LogP contribution in [0.25, 0.3) is 0 Å². The molecule has 1 aromatic carbocycles. The molecule has 2 rings (SSSR count). The molecule has 0 fully saturated rings. The van der Waals surface area contributed by atoms with E-state index in [1.807, 2.05) is 13.8 Å². The van der Waals surface area contributed by atoms with Crippen molar-refractivity contribution in [3.63, 3.8) is 0 Å². The number of carbonyl (C=O) groups excluding carboxylic acids is 1. The van der Waals surface area contributed by atoms with Crippen LogP contribution in [-0.4, -0.2) is 26.5 Å². The number of halogens is 1. The number of hydrogen-bond acceptors (Lipinski definition) is 4. The Bertz CT molecular complexity index is 737. The minimum Gasteiger partial charge on any atom is -0.507 e. The van der Waals surface area contributed by atoms with Crippen molar-refractivity contribution in [2.24, 2.45) is 5.10 Å². The van der Waals surface area contributed by atoms with Crippen molar-refractivity contribution in [2.75, 3.05) is 0 Å². The molecule has 0 radical (unpaired) electrons. The fraction of sp³-hybridized carbons (Fsp3) is 0.267. The smallest absolute Gasteiger partial charge is 0.261 e. The van der Waals surface area contributed by atoms with Crippen molar-refractivity contribution >= 4 is 27.5 Å². The molecule has 0 aliphatic rings. The number of rotatable bonds is 4. The molecule has 0 saturated carbocycles. The lowest BCUT2D eigenvalue weighted by atomic mass is 10.1. The van der Waals surface area contributed by atoms with Gasteiger partial charge in [-0.3, -0.25) is 9.48 Å². The average Bonchev–Trinajstić information content (AvgIpc) is 2.72. The molecule has 2 N–H and O–H groups in total. The van der Waals surface area contributed by atoms with E-state index >= 15 is 0 Å². The lowest BCUT2D eigenvalue weighted by Gasteiger charge is -2.06. The van der Waals surface area contributed by atoms with Gasteiger partial charge in [0.25, 0.3) is 5.91 Å². The minimum absolute atomic E-state index is 0.0792. The Kier molecular flexibility index (Phi) is 4.97. The molecule has 1 heterocycles. The molecule has 0 spiro atoms. The molecule has 2 aromatic rings. The van der Waals surface area contributed by atoms with Gasteiger partial charge in [-0.15, -0.1) is 0 Å². The fourth-order valence-electron chi connectivity index (χ4n) is 1.99. The first-order chi connectivity index (χ1) is 10.4. The van der Waals surface area contributed by atoms with Gasteiger partial charge in [0.1, 0.15) is 12.3 Å². The van der Waals surface area contributed by atoms with Crippen molar-refractivity contribution in [1.82, 2.24) is 15.2 Å². The van der Waals surface area contributed by atoms with Crippen LogP contribution in [0.2, 0.25) is 0 Å². The van der Waals surface area contributed by atoms with Crippen LogP contribution in [0, 0.1) is 13.8 Å². The predicted octanol–water partition coefficient (Wildman–Crippen LogP) is 2.51. The number of phenolic OH excluding ortho intramolecular Hbond substituents is 1. The molecular formula is C15H17BrN4O2. The van der Waals surface area contributed by atoms with E-state index in [2.05, 4.69) is 31.6 Å². The lowest BCUT2D eigenvalue weighted by molar-refractivity contribution is -0.121. The Labute approximate surface area is 137 Å². The highest BCUT2D eigenvalue weighted by Crippen LogP contribution is 2.19. The third kappa shape index (κ3) is 3.54. The van der Waals surface area contributed by atoms with E-state index in [0.29, 0.717) is 11.3 Å². The Hall–Kier alpha value is -2.15. The first-order valence-electron chi connectivity index (χ1n) is 6.71. The number of hydrazone groups is 1. The summed E-state index contributed by atoms with van der Waals surface area (Å²) in [5, 5.41) is 18.0. The van der Waals surface area contributed by atoms with E-state index in [1.165, 1.54) is 0 Å². The third-order valence-electron chi connectivity index (χ3n) is 3.23. The number of para-hydroxylation sites is 1. The molecule has 0 atom stereocenters. The topological polar surface area (TPSA) is 79.5 Å². The Morgan fingerprint density at radius 1 is 1.41 bits per heavy atom. The summed E-state index contributed by atoms with van der Waals surface area (Å²) in [5.41, 5.74) is 5.30. The normalized spacial score (nSPS) is 11.5. The highest BCUT2D eigenvalue weighted by molar-refractivity contribution is 9.10. The van der Waals surface area contributed by atoms with Gasteiger partial charge in [0.05, 0.1) is 21.6 Å². The van der Waals surface area contributed by atoms with Crippen LogP contribution in [-0.2, 0) is 11.3 Å². The lowest BCUT2D eigenvalue weighted by Crippen LogP contribution is -2.25. The van der Waals surface area contributed by atoms with Crippen molar-refractivity contribution in [3.05, 3.63) is 45.7 Å². The number of nitrogens with one attached hydrogen (secondary N) is 1. The molecule has 7 heteroatoms. The number of hydrogen-bond donors (Lipinski definition) is 2. The summed E-state index contributed by atoms with van der Waals surface area (Å²) in [6, 6.07) is 6.83. The van der Waals surface area contributed by atoms with Gasteiger partial charge < -0.3 is 5.11 Å². The fourth-order valence-corrected chi connectivity index (χ4v) is 2.27. The molecule has 0 aliphatic heterocycles. The molecule has 0 aliphatic carbocycles. The van der Waals surface area contributed by atoms with Crippen LogP contribution < -0.4 is 5.43 Å². The van der Waals surface area contributed by atoms with Gasteiger partial charge in [0.2, 0.25) is 0 Å². The van der Waals surface area contributed by atoms with Crippen LogP contribution in [0.4, 0.5) is 0 Å². The molecule has 0 unspecified atom stereocenters. The van der Waals surface area contributed by atoms with E-state index in [4.69, 9.17) is 0 Å². The average molecular weight is 365 g/mol. The monoisotopic (exact) mass is 364 g/mol. The molecular weight excluding hydrogens is 348 g/mol. The van der Waals surface area contributed by atoms with Gasteiger partial charge in [-0.2, -0.15) is 10.2 Å². The van der Waals surface area contributed by atoms with E-state index in [-0.39, 0.29) is 18.2 Å². The number of nitrogens with zero attached hydrogens (tertiary/aromatic N) is 3. The van der Waals surface area contributed by atoms with Crippen molar-refractivity contribution in [3.8, 4) is 5.75 Å². The number of aromatic nitrogens is 2. The number of carbonyl (C=O) groups is 1. The summed E-state index contributed by atoms with van der Waals surface area (Å²) >= 11 is 3.42. The van der Waals surface area contributed by atoms with E-state index in [1.54, 1.807) is 35.9 Å². The largest absolute Gasteiger partial charge is 0.507 e. The van der Waals surface area contributed by atoms with Crippen LogP contribution in [0.3, 0.4) is 0 Å². The maximum absolute atomic E-state index is 11.9. The molecule has 0 saturated heterocycles. The second kappa shape index (κ2) is 6.74. The van der Waals surface area contributed by atoms with Gasteiger partial charge in [-0.25, -0.2) is 5.43 Å². The first-order valence-corrected chi connectivity index (χ1v) is 7.50. The second-order valence-corrected chi connectivity index (χ2v) is 5.68. The third-order valence-corrected chi connectivity index (χ3v) is 4.38. The van der Waals surface area contributed by atoms with Gasteiger partial charge >= 0.3 is 0 Å². The highest BCUT2D eigenvalue weighted by atomic mass is 79.9. The SMILES string of the molecule is C/C(=N\NC(=O)Cn1nc(C)c(Br)c1C)c1ccccc1O. The maximum atomic E-state index is 11.9. The Morgan fingerprint density at radius 2 is 2.09 bits per heavy atom. The number of benzene rings is 1. The summed E-state index contributed by atoms with van der Waals surface area (Å²) < 4.78 is 2.51. The van der Waals surface area contributed by atoms with Crippen molar-refractivity contribution in [1.29, 1.82) is 0 Å². The summed E-state index contributed by atoms with van der Waals surface area (Å²) in [7, 11) is 0. The van der Waals surface area contributed by atoms with Gasteiger partial charge in [0, 0.05) is 5.56 Å². The first kappa shape index (κ1) is 16.2. The molecule has 1 aromatic heterocycles. The van der Waals surface area contributed by atoms with E-state index < -0.39 is 0 Å². The minimum atomic E-state index is -0.284. The molecule has 116 valence electrons. The number of aromatic hydroxyl groups is 1. The number of amides is 1. The zero-order valence-electron chi connectivity index (χ0n) is 12.6. The molecule has 0 bridgehead atoms. The second-order valence-electron chi connectivity index (χ2n) is 4.89.